The number of methoxy groups -OCH3 is 2. The van der Waals surface area contributed by atoms with Gasteiger partial charge in [0.15, 0.2) is 0 Å². The highest BCUT2D eigenvalue weighted by Gasteiger charge is 2.46. The Hall–Kier alpha value is -1.98. The molecule has 0 fully saturated rings. The summed E-state index contributed by atoms with van der Waals surface area (Å²) >= 11 is 0. The van der Waals surface area contributed by atoms with E-state index in [1.807, 2.05) is 0 Å². The molecule has 0 aromatic rings. The molecule has 4 heteroatoms. The molecule has 0 amide bonds. The first kappa shape index (κ1) is 19.0. The van der Waals surface area contributed by atoms with Crippen molar-refractivity contribution in [2.75, 3.05) is 14.2 Å². The Morgan fingerprint density at radius 2 is 1.71 bits per heavy atom. The van der Waals surface area contributed by atoms with Crippen LogP contribution in [0.1, 0.15) is 46.0 Å². The summed E-state index contributed by atoms with van der Waals surface area (Å²) in [5.74, 6) is 4.50. The van der Waals surface area contributed by atoms with Crippen molar-refractivity contribution in [1.29, 1.82) is 0 Å². The molecule has 0 saturated heterocycles. The number of esters is 2. The highest BCUT2D eigenvalue weighted by atomic mass is 16.5. The second-order valence-electron chi connectivity index (χ2n) is 4.54. The Bertz CT molecular complexity index is 437. The third-order valence-electron chi connectivity index (χ3n) is 2.99. The van der Waals surface area contributed by atoms with Gasteiger partial charge in [-0.2, -0.15) is 0 Å². The van der Waals surface area contributed by atoms with Crippen LogP contribution in [-0.2, 0) is 19.1 Å². The summed E-state index contributed by atoms with van der Waals surface area (Å²) < 4.78 is 9.48. The van der Waals surface area contributed by atoms with Crippen molar-refractivity contribution in [3.63, 3.8) is 0 Å². The number of hydrogen-bond donors (Lipinski definition) is 0. The minimum atomic E-state index is -1.55. The summed E-state index contributed by atoms with van der Waals surface area (Å²) in [6, 6.07) is 0. The number of unbranched alkanes of at least 4 members (excludes halogenated alkanes) is 3. The van der Waals surface area contributed by atoms with Crippen molar-refractivity contribution >= 4 is 11.9 Å². The van der Waals surface area contributed by atoms with Gasteiger partial charge >= 0.3 is 11.9 Å². The second-order valence-corrected chi connectivity index (χ2v) is 4.54. The van der Waals surface area contributed by atoms with E-state index in [0.717, 1.165) is 25.7 Å². The highest BCUT2D eigenvalue weighted by Crippen LogP contribution is 2.27. The molecule has 0 aliphatic carbocycles. The normalized spacial score (nSPS) is 9.71. The maximum Gasteiger partial charge on any atom is 0.328 e. The Balaban J connectivity index is 5.23. The zero-order valence-corrected chi connectivity index (χ0v) is 13.3. The summed E-state index contributed by atoms with van der Waals surface area (Å²) in [5, 5.41) is 0. The number of carbonyl (C=O) groups excluding carboxylic acids is 2. The number of hydrogen-bond acceptors (Lipinski definition) is 4. The Kier molecular flexibility index (Phi) is 9.75. The average Bonchev–Trinajstić information content (AvgIpc) is 2.52. The molecule has 0 spiro atoms. The fourth-order valence-electron chi connectivity index (χ4n) is 1.74. The quantitative estimate of drug-likeness (QED) is 0.238. The molecule has 0 rings (SSSR count). The molecule has 0 radical (unpaired) electrons. The molecule has 0 N–H and O–H groups in total. The topological polar surface area (TPSA) is 52.6 Å². The lowest BCUT2D eigenvalue weighted by molar-refractivity contribution is -0.164. The van der Waals surface area contributed by atoms with Crippen molar-refractivity contribution in [1.82, 2.24) is 0 Å². The minimum absolute atomic E-state index is 0.0271. The molecule has 0 bridgehead atoms. The van der Waals surface area contributed by atoms with E-state index >= 15 is 0 Å². The van der Waals surface area contributed by atoms with Gasteiger partial charge in [-0.3, -0.25) is 9.59 Å². The van der Waals surface area contributed by atoms with E-state index in [9.17, 15) is 9.59 Å². The van der Waals surface area contributed by atoms with Crippen molar-refractivity contribution in [3.8, 4) is 11.8 Å². The van der Waals surface area contributed by atoms with Crippen molar-refractivity contribution in [2.24, 2.45) is 5.41 Å². The molecule has 0 heterocycles. The molecule has 116 valence electrons. The van der Waals surface area contributed by atoms with E-state index in [1.165, 1.54) is 20.3 Å². The molecule has 0 unspecified atom stereocenters. The van der Waals surface area contributed by atoms with Crippen LogP contribution in [0.2, 0.25) is 0 Å². The smallest absolute Gasteiger partial charge is 0.328 e. The Labute approximate surface area is 127 Å². The van der Waals surface area contributed by atoms with Crippen LogP contribution in [0, 0.1) is 17.3 Å². The van der Waals surface area contributed by atoms with E-state index in [4.69, 9.17) is 9.47 Å². The predicted octanol–water partition coefficient (Wildman–Crippen LogP) is 3.02. The van der Waals surface area contributed by atoms with Crippen molar-refractivity contribution in [2.45, 2.75) is 46.0 Å². The first-order chi connectivity index (χ1) is 10.1. The standard InChI is InChI=1S/C17H24O4/c1-5-7-9-10-11-12-14-17(13-8-6-2,15(18)20-3)16(19)21-4/h6,13H,5,7,9-10,14H2,1-4H3. The summed E-state index contributed by atoms with van der Waals surface area (Å²) in [6.07, 6.45) is 7.00. The van der Waals surface area contributed by atoms with Crippen LogP contribution in [0.4, 0.5) is 0 Å². The van der Waals surface area contributed by atoms with Gasteiger partial charge in [0.05, 0.1) is 14.2 Å². The minimum Gasteiger partial charge on any atom is -0.468 e. The SMILES string of the molecule is CC=C=CC(CC#CCCCCC)(C(=O)OC)C(=O)OC. The van der Waals surface area contributed by atoms with Gasteiger partial charge in [-0.25, -0.2) is 0 Å². The van der Waals surface area contributed by atoms with Gasteiger partial charge in [-0.1, -0.05) is 19.8 Å². The fraction of sp³-hybridized carbons (Fsp3) is 0.588. The molecule has 0 aromatic heterocycles. The van der Waals surface area contributed by atoms with Gasteiger partial charge in [-0.05, 0) is 25.5 Å². The average molecular weight is 292 g/mol. The van der Waals surface area contributed by atoms with E-state index in [0.29, 0.717) is 0 Å². The molecular formula is C17H24O4. The maximum atomic E-state index is 12.0. The van der Waals surface area contributed by atoms with Crippen LogP contribution in [0.5, 0.6) is 0 Å². The number of ether oxygens (including phenoxy) is 2. The van der Waals surface area contributed by atoms with E-state index in [2.05, 4.69) is 24.5 Å². The van der Waals surface area contributed by atoms with Crippen LogP contribution < -0.4 is 0 Å². The maximum absolute atomic E-state index is 12.0. The lowest BCUT2D eigenvalue weighted by Gasteiger charge is -2.21. The summed E-state index contributed by atoms with van der Waals surface area (Å²) in [7, 11) is 2.47. The number of carbonyl (C=O) groups is 2. The second kappa shape index (κ2) is 10.8. The lowest BCUT2D eigenvalue weighted by atomic mass is 9.84. The first-order valence-corrected chi connectivity index (χ1v) is 7.09. The Morgan fingerprint density at radius 3 is 2.19 bits per heavy atom. The van der Waals surface area contributed by atoms with Crippen LogP contribution >= 0.6 is 0 Å². The zero-order chi connectivity index (χ0) is 16.1. The van der Waals surface area contributed by atoms with Gasteiger partial charge in [0.2, 0.25) is 5.41 Å². The molecule has 21 heavy (non-hydrogen) atoms. The molecule has 4 nitrogen and oxygen atoms in total. The lowest BCUT2D eigenvalue weighted by Crippen LogP contribution is -2.39. The van der Waals surface area contributed by atoms with Crippen LogP contribution in [0.25, 0.3) is 0 Å². The molecular weight excluding hydrogens is 268 g/mol. The van der Waals surface area contributed by atoms with E-state index in [-0.39, 0.29) is 6.42 Å². The van der Waals surface area contributed by atoms with E-state index in [1.54, 1.807) is 13.0 Å². The highest BCUT2D eigenvalue weighted by molar-refractivity contribution is 6.02. The summed E-state index contributed by atoms with van der Waals surface area (Å²) in [6.45, 7) is 3.86. The summed E-state index contributed by atoms with van der Waals surface area (Å²) in [5.41, 5.74) is 1.21. The molecule has 0 aliphatic heterocycles. The molecule has 0 saturated carbocycles. The molecule has 0 atom stereocenters. The monoisotopic (exact) mass is 292 g/mol. The van der Waals surface area contributed by atoms with Crippen LogP contribution in [-0.4, -0.2) is 26.2 Å². The van der Waals surface area contributed by atoms with Crippen LogP contribution in [0.15, 0.2) is 17.9 Å². The number of rotatable bonds is 7. The van der Waals surface area contributed by atoms with Gasteiger partial charge in [0, 0.05) is 12.8 Å². The first-order valence-electron chi connectivity index (χ1n) is 7.09. The van der Waals surface area contributed by atoms with Crippen molar-refractivity contribution in [3.05, 3.63) is 17.9 Å². The van der Waals surface area contributed by atoms with Gasteiger partial charge in [0.25, 0.3) is 0 Å². The van der Waals surface area contributed by atoms with Crippen molar-refractivity contribution < 1.29 is 19.1 Å². The third-order valence-corrected chi connectivity index (χ3v) is 2.99. The molecule has 0 aromatic carbocycles. The summed E-state index contributed by atoms with van der Waals surface area (Å²) in [4.78, 5) is 24.1. The zero-order valence-electron chi connectivity index (χ0n) is 13.3. The Morgan fingerprint density at radius 1 is 1.10 bits per heavy atom. The van der Waals surface area contributed by atoms with Gasteiger partial charge in [0.1, 0.15) is 0 Å². The fourth-order valence-corrected chi connectivity index (χ4v) is 1.74. The van der Waals surface area contributed by atoms with Gasteiger partial charge in [-0.15, -0.1) is 17.6 Å². The molecule has 0 aliphatic rings. The van der Waals surface area contributed by atoms with E-state index < -0.39 is 17.4 Å². The largest absolute Gasteiger partial charge is 0.468 e. The third kappa shape index (κ3) is 5.89. The predicted molar refractivity (Wildman–Crippen MR) is 81.3 cm³/mol. The van der Waals surface area contributed by atoms with Crippen LogP contribution in [0.3, 0.4) is 0 Å². The van der Waals surface area contributed by atoms with Gasteiger partial charge < -0.3 is 9.47 Å².